The highest BCUT2D eigenvalue weighted by atomic mass is 16.5. The van der Waals surface area contributed by atoms with Gasteiger partial charge >= 0.3 is 0 Å². The molecule has 0 spiro atoms. The van der Waals surface area contributed by atoms with Crippen LogP contribution in [0, 0.1) is 0 Å². The monoisotopic (exact) mass is 286 g/mol. The molecule has 0 bridgehead atoms. The van der Waals surface area contributed by atoms with Crippen molar-refractivity contribution in [3.05, 3.63) is 48.0 Å². The SMILES string of the molecule is CCOCCN(CC)CC(N)c1cccc2ccccc12. The summed E-state index contributed by atoms with van der Waals surface area (Å²) in [5, 5.41) is 2.51. The molecule has 3 heteroatoms. The van der Waals surface area contributed by atoms with Crippen LogP contribution in [0.15, 0.2) is 42.5 Å². The molecule has 1 atom stereocenters. The number of hydrogen-bond acceptors (Lipinski definition) is 3. The number of hydrogen-bond donors (Lipinski definition) is 1. The van der Waals surface area contributed by atoms with Crippen LogP contribution in [-0.2, 0) is 4.74 Å². The molecule has 1 unspecified atom stereocenters. The molecule has 3 nitrogen and oxygen atoms in total. The molecule has 0 aromatic heterocycles. The van der Waals surface area contributed by atoms with Crippen LogP contribution in [0.3, 0.4) is 0 Å². The van der Waals surface area contributed by atoms with E-state index in [2.05, 4.69) is 54.3 Å². The van der Waals surface area contributed by atoms with E-state index in [4.69, 9.17) is 10.5 Å². The molecule has 0 heterocycles. The van der Waals surface area contributed by atoms with E-state index in [0.29, 0.717) is 0 Å². The molecule has 2 aromatic carbocycles. The van der Waals surface area contributed by atoms with Gasteiger partial charge in [-0.25, -0.2) is 0 Å². The van der Waals surface area contributed by atoms with E-state index in [1.165, 1.54) is 16.3 Å². The number of benzene rings is 2. The molecule has 0 amide bonds. The maximum atomic E-state index is 6.46. The van der Waals surface area contributed by atoms with Crippen molar-refractivity contribution in [1.29, 1.82) is 0 Å². The molecule has 0 saturated carbocycles. The minimum atomic E-state index is 0.0256. The summed E-state index contributed by atoms with van der Waals surface area (Å²) in [6.07, 6.45) is 0. The lowest BCUT2D eigenvalue weighted by Gasteiger charge is -2.25. The van der Waals surface area contributed by atoms with Crippen molar-refractivity contribution in [1.82, 2.24) is 4.90 Å². The van der Waals surface area contributed by atoms with Gasteiger partial charge in [-0.1, -0.05) is 49.4 Å². The number of nitrogens with zero attached hydrogens (tertiary/aromatic N) is 1. The molecule has 0 radical (unpaired) electrons. The van der Waals surface area contributed by atoms with Gasteiger partial charge < -0.3 is 10.5 Å². The van der Waals surface area contributed by atoms with Crippen LogP contribution in [0.1, 0.15) is 25.5 Å². The van der Waals surface area contributed by atoms with Crippen molar-refractivity contribution < 1.29 is 4.74 Å². The highest BCUT2D eigenvalue weighted by Crippen LogP contribution is 2.23. The predicted octanol–water partition coefficient (Wildman–Crippen LogP) is 3.20. The largest absolute Gasteiger partial charge is 0.380 e. The Morgan fingerprint density at radius 3 is 2.62 bits per heavy atom. The highest BCUT2D eigenvalue weighted by molar-refractivity contribution is 5.86. The third kappa shape index (κ3) is 4.27. The minimum Gasteiger partial charge on any atom is -0.380 e. The van der Waals surface area contributed by atoms with Crippen LogP contribution in [-0.4, -0.2) is 37.7 Å². The van der Waals surface area contributed by atoms with E-state index in [1.54, 1.807) is 0 Å². The van der Waals surface area contributed by atoms with Gasteiger partial charge in [0.25, 0.3) is 0 Å². The van der Waals surface area contributed by atoms with E-state index in [-0.39, 0.29) is 6.04 Å². The lowest BCUT2D eigenvalue weighted by molar-refractivity contribution is 0.113. The first kappa shape index (κ1) is 16.0. The molecule has 21 heavy (non-hydrogen) atoms. The van der Waals surface area contributed by atoms with Gasteiger partial charge in [0, 0.05) is 25.7 Å². The normalized spacial score (nSPS) is 13.0. The van der Waals surface area contributed by atoms with Crippen LogP contribution in [0.25, 0.3) is 10.8 Å². The summed E-state index contributed by atoms with van der Waals surface area (Å²) >= 11 is 0. The molecule has 0 aliphatic heterocycles. The van der Waals surface area contributed by atoms with Gasteiger partial charge in [0.2, 0.25) is 0 Å². The fourth-order valence-corrected chi connectivity index (χ4v) is 2.67. The van der Waals surface area contributed by atoms with Crippen LogP contribution in [0.4, 0.5) is 0 Å². The number of nitrogens with two attached hydrogens (primary N) is 1. The van der Waals surface area contributed by atoms with Gasteiger partial charge in [0.05, 0.1) is 6.61 Å². The van der Waals surface area contributed by atoms with Crippen molar-refractivity contribution in [3.63, 3.8) is 0 Å². The second kappa shape index (κ2) is 8.13. The van der Waals surface area contributed by atoms with Gasteiger partial charge in [-0.05, 0) is 29.8 Å². The summed E-state index contributed by atoms with van der Waals surface area (Å²) in [6, 6.07) is 14.8. The molecule has 2 rings (SSSR count). The molecule has 2 N–H and O–H groups in total. The average Bonchev–Trinajstić information content (AvgIpc) is 2.53. The first-order chi connectivity index (χ1) is 10.3. The van der Waals surface area contributed by atoms with E-state index >= 15 is 0 Å². The average molecular weight is 286 g/mol. The predicted molar refractivity (Wildman–Crippen MR) is 89.5 cm³/mol. The molecule has 0 aliphatic rings. The first-order valence-electron chi connectivity index (χ1n) is 7.79. The molecular formula is C18H26N2O. The van der Waals surface area contributed by atoms with Crippen molar-refractivity contribution in [2.24, 2.45) is 5.73 Å². The standard InChI is InChI=1S/C18H26N2O/c1-3-20(12-13-21-4-2)14-18(19)17-11-7-9-15-8-5-6-10-16(15)17/h5-11,18H,3-4,12-14,19H2,1-2H3. The molecule has 0 aliphatic carbocycles. The zero-order valence-electron chi connectivity index (χ0n) is 13.1. The molecule has 2 aromatic rings. The van der Waals surface area contributed by atoms with Gasteiger partial charge in [0.1, 0.15) is 0 Å². The summed E-state index contributed by atoms with van der Waals surface area (Å²) in [5.74, 6) is 0. The summed E-state index contributed by atoms with van der Waals surface area (Å²) in [7, 11) is 0. The van der Waals surface area contributed by atoms with Crippen LogP contribution >= 0.6 is 0 Å². The van der Waals surface area contributed by atoms with Crippen molar-refractivity contribution in [2.75, 3.05) is 32.8 Å². The van der Waals surface area contributed by atoms with Gasteiger partial charge in [-0.3, -0.25) is 4.90 Å². The van der Waals surface area contributed by atoms with E-state index in [9.17, 15) is 0 Å². The van der Waals surface area contributed by atoms with E-state index in [0.717, 1.165) is 32.8 Å². The maximum absolute atomic E-state index is 6.46. The number of ether oxygens (including phenoxy) is 1. The van der Waals surface area contributed by atoms with Crippen molar-refractivity contribution in [3.8, 4) is 0 Å². The van der Waals surface area contributed by atoms with E-state index in [1.807, 2.05) is 6.92 Å². The summed E-state index contributed by atoms with van der Waals surface area (Å²) < 4.78 is 5.44. The third-order valence-electron chi connectivity index (χ3n) is 3.88. The van der Waals surface area contributed by atoms with Crippen LogP contribution in [0.5, 0.6) is 0 Å². The van der Waals surface area contributed by atoms with Crippen molar-refractivity contribution >= 4 is 10.8 Å². The molecule has 114 valence electrons. The number of likely N-dealkylation sites (N-methyl/N-ethyl adjacent to an activating group) is 1. The zero-order valence-corrected chi connectivity index (χ0v) is 13.1. The fourth-order valence-electron chi connectivity index (χ4n) is 2.67. The summed E-state index contributed by atoms with van der Waals surface area (Å²) in [4.78, 5) is 2.35. The van der Waals surface area contributed by atoms with Crippen LogP contribution < -0.4 is 5.73 Å². The minimum absolute atomic E-state index is 0.0256. The Labute approximate surface area is 127 Å². The van der Waals surface area contributed by atoms with Gasteiger partial charge in [-0.2, -0.15) is 0 Å². The Balaban J connectivity index is 2.08. The smallest absolute Gasteiger partial charge is 0.0593 e. The lowest BCUT2D eigenvalue weighted by atomic mass is 9.99. The van der Waals surface area contributed by atoms with Gasteiger partial charge in [-0.15, -0.1) is 0 Å². The Morgan fingerprint density at radius 1 is 1.10 bits per heavy atom. The lowest BCUT2D eigenvalue weighted by Crippen LogP contribution is -2.34. The quantitative estimate of drug-likeness (QED) is 0.757. The zero-order chi connectivity index (χ0) is 15.1. The molecule has 0 saturated heterocycles. The fraction of sp³-hybridized carbons (Fsp3) is 0.444. The van der Waals surface area contributed by atoms with Crippen molar-refractivity contribution in [2.45, 2.75) is 19.9 Å². The third-order valence-corrected chi connectivity index (χ3v) is 3.88. The summed E-state index contributed by atoms with van der Waals surface area (Å²) in [6.45, 7) is 8.52. The topological polar surface area (TPSA) is 38.5 Å². The molecular weight excluding hydrogens is 260 g/mol. The highest BCUT2D eigenvalue weighted by Gasteiger charge is 2.13. The second-order valence-electron chi connectivity index (χ2n) is 5.27. The maximum Gasteiger partial charge on any atom is 0.0593 e. The Kier molecular flexibility index (Phi) is 6.18. The van der Waals surface area contributed by atoms with Gasteiger partial charge in [0.15, 0.2) is 0 Å². The first-order valence-corrected chi connectivity index (χ1v) is 7.79. The Bertz CT molecular complexity index is 550. The second-order valence-corrected chi connectivity index (χ2v) is 5.27. The number of fused-ring (bicyclic) bond motifs is 1. The Morgan fingerprint density at radius 2 is 1.86 bits per heavy atom. The van der Waals surface area contributed by atoms with Crippen LogP contribution in [0.2, 0.25) is 0 Å². The summed E-state index contributed by atoms with van der Waals surface area (Å²) in [5.41, 5.74) is 7.68. The number of rotatable bonds is 8. The Hall–Kier alpha value is -1.42. The van der Waals surface area contributed by atoms with E-state index < -0.39 is 0 Å². The molecule has 0 fully saturated rings.